The van der Waals surface area contributed by atoms with Gasteiger partial charge in [0.1, 0.15) is 5.82 Å². The van der Waals surface area contributed by atoms with Gasteiger partial charge < -0.3 is 10.2 Å². The van der Waals surface area contributed by atoms with Crippen LogP contribution in [0.15, 0.2) is 28.3 Å². The summed E-state index contributed by atoms with van der Waals surface area (Å²) in [6.45, 7) is 3.70. The number of carbonyl (C=O) groups is 1. The van der Waals surface area contributed by atoms with Crippen molar-refractivity contribution in [1.82, 2.24) is 20.3 Å². The van der Waals surface area contributed by atoms with Crippen LogP contribution in [0.25, 0.3) is 0 Å². The van der Waals surface area contributed by atoms with Gasteiger partial charge >= 0.3 is 0 Å². The van der Waals surface area contributed by atoms with Crippen molar-refractivity contribution in [2.24, 2.45) is 0 Å². The van der Waals surface area contributed by atoms with Crippen molar-refractivity contribution in [3.05, 3.63) is 29.7 Å². The van der Waals surface area contributed by atoms with Crippen LogP contribution in [0, 0.1) is 6.92 Å². The van der Waals surface area contributed by atoms with Crippen LogP contribution in [0.2, 0.25) is 0 Å². The molecule has 3 heterocycles. The smallest absolute Gasteiger partial charge is 0.230 e. The molecular formula is C15H19N5OS2. The first-order chi connectivity index (χ1) is 11.2. The third kappa shape index (κ3) is 4.65. The minimum atomic E-state index is 0.0637. The highest BCUT2D eigenvalue weighted by Gasteiger charge is 2.22. The largest absolute Gasteiger partial charge is 0.353 e. The van der Waals surface area contributed by atoms with Crippen molar-refractivity contribution < 1.29 is 4.79 Å². The molecule has 0 radical (unpaired) electrons. The highest BCUT2D eigenvalue weighted by atomic mass is 32.2. The molecule has 122 valence electrons. The number of aromatic nitrogens is 3. The van der Waals surface area contributed by atoms with Crippen molar-refractivity contribution in [2.75, 3.05) is 23.7 Å². The quantitative estimate of drug-likeness (QED) is 0.834. The predicted molar refractivity (Wildman–Crippen MR) is 93.0 cm³/mol. The maximum atomic E-state index is 12.1. The summed E-state index contributed by atoms with van der Waals surface area (Å²) in [7, 11) is 0. The number of thioether (sulfide) groups is 1. The Morgan fingerprint density at radius 3 is 3.17 bits per heavy atom. The summed E-state index contributed by atoms with van der Waals surface area (Å²) in [5.41, 5.74) is 1.00. The van der Waals surface area contributed by atoms with Crippen LogP contribution in [0.4, 0.5) is 5.82 Å². The average molecular weight is 349 g/mol. The summed E-state index contributed by atoms with van der Waals surface area (Å²) in [6, 6.07) is 0.164. The number of rotatable bonds is 5. The number of thiazole rings is 1. The highest BCUT2D eigenvalue weighted by Crippen LogP contribution is 2.22. The monoisotopic (exact) mass is 349 g/mol. The third-order valence-electron chi connectivity index (χ3n) is 3.58. The summed E-state index contributed by atoms with van der Waals surface area (Å²) in [5.74, 6) is 1.35. The molecule has 23 heavy (non-hydrogen) atoms. The standard InChI is InChI=1S/C15H19N5OS2/c1-11-9-22-15(18-11)23-10-14(21)19-12-3-2-6-20(8-12)13-7-16-4-5-17-13/h4-5,7,9,12H,2-3,6,8,10H2,1H3,(H,19,21). The van der Waals surface area contributed by atoms with Gasteiger partial charge in [0.15, 0.2) is 4.34 Å². The van der Waals surface area contributed by atoms with E-state index in [1.165, 1.54) is 11.8 Å². The number of piperidine rings is 1. The van der Waals surface area contributed by atoms with E-state index in [1.54, 1.807) is 29.9 Å². The van der Waals surface area contributed by atoms with Gasteiger partial charge in [0, 0.05) is 42.6 Å². The first-order valence-corrected chi connectivity index (χ1v) is 9.42. The van der Waals surface area contributed by atoms with Gasteiger partial charge in [0.05, 0.1) is 11.9 Å². The maximum absolute atomic E-state index is 12.1. The maximum Gasteiger partial charge on any atom is 0.230 e. The lowest BCUT2D eigenvalue weighted by Crippen LogP contribution is -2.48. The van der Waals surface area contributed by atoms with Crippen molar-refractivity contribution >= 4 is 34.8 Å². The molecule has 0 spiro atoms. The van der Waals surface area contributed by atoms with Crippen LogP contribution < -0.4 is 10.2 Å². The van der Waals surface area contributed by atoms with E-state index in [9.17, 15) is 4.79 Å². The summed E-state index contributed by atoms with van der Waals surface area (Å²) in [5, 5.41) is 5.12. The van der Waals surface area contributed by atoms with Crippen LogP contribution in [0.3, 0.4) is 0 Å². The highest BCUT2D eigenvalue weighted by molar-refractivity contribution is 8.01. The number of hydrogen-bond acceptors (Lipinski definition) is 7. The molecule has 6 nitrogen and oxygen atoms in total. The molecule has 0 saturated carbocycles. The van der Waals surface area contributed by atoms with E-state index in [1.807, 2.05) is 12.3 Å². The second kappa shape index (κ2) is 7.74. The van der Waals surface area contributed by atoms with Gasteiger partial charge in [-0.15, -0.1) is 11.3 Å². The Bertz CT molecular complexity index is 648. The second-order valence-electron chi connectivity index (χ2n) is 5.46. The zero-order valence-electron chi connectivity index (χ0n) is 12.9. The van der Waals surface area contributed by atoms with E-state index in [4.69, 9.17) is 0 Å². The average Bonchev–Trinajstić information content (AvgIpc) is 3.00. The van der Waals surface area contributed by atoms with E-state index in [-0.39, 0.29) is 11.9 Å². The molecule has 0 bridgehead atoms. The van der Waals surface area contributed by atoms with Crippen molar-refractivity contribution in [3.8, 4) is 0 Å². The zero-order valence-corrected chi connectivity index (χ0v) is 14.6. The van der Waals surface area contributed by atoms with Gasteiger partial charge in [0.25, 0.3) is 0 Å². The third-order valence-corrected chi connectivity index (χ3v) is 5.72. The summed E-state index contributed by atoms with van der Waals surface area (Å²) in [4.78, 5) is 27.1. The first-order valence-electron chi connectivity index (χ1n) is 7.56. The summed E-state index contributed by atoms with van der Waals surface area (Å²) < 4.78 is 0.947. The predicted octanol–water partition coefficient (Wildman–Crippen LogP) is 2.12. The number of amides is 1. The second-order valence-corrected chi connectivity index (χ2v) is 7.54. The van der Waals surface area contributed by atoms with Crippen LogP contribution >= 0.6 is 23.1 Å². The Balaban J connectivity index is 1.48. The number of anilines is 1. The topological polar surface area (TPSA) is 71.0 Å². The fourth-order valence-electron chi connectivity index (χ4n) is 2.55. The molecule has 2 aromatic rings. The van der Waals surface area contributed by atoms with Gasteiger partial charge in [-0.2, -0.15) is 0 Å². The molecule has 2 aromatic heterocycles. The lowest BCUT2D eigenvalue weighted by molar-refractivity contribution is -0.119. The molecule has 1 N–H and O–H groups in total. The summed E-state index contributed by atoms with van der Waals surface area (Å²) >= 11 is 3.08. The van der Waals surface area contributed by atoms with Crippen molar-refractivity contribution in [3.63, 3.8) is 0 Å². The fourth-order valence-corrected chi connectivity index (χ4v) is 4.21. The molecule has 1 aliphatic rings. The van der Waals surface area contributed by atoms with Crippen LogP contribution in [0.1, 0.15) is 18.5 Å². The first kappa shape index (κ1) is 16.2. The Hall–Kier alpha value is -1.67. The lowest BCUT2D eigenvalue weighted by atomic mass is 10.1. The molecule has 1 unspecified atom stereocenters. The SMILES string of the molecule is Cc1csc(SCC(=O)NC2CCCN(c3cnccn3)C2)n1. The molecule has 3 rings (SSSR count). The lowest BCUT2D eigenvalue weighted by Gasteiger charge is -2.33. The Morgan fingerprint density at radius 1 is 1.52 bits per heavy atom. The van der Waals surface area contributed by atoms with Gasteiger partial charge in [-0.25, -0.2) is 9.97 Å². The van der Waals surface area contributed by atoms with Crippen molar-refractivity contribution in [1.29, 1.82) is 0 Å². The molecule has 1 amide bonds. The Labute approximate surface area is 143 Å². The van der Waals surface area contributed by atoms with Gasteiger partial charge in [0.2, 0.25) is 5.91 Å². The molecule has 0 aromatic carbocycles. The minimum Gasteiger partial charge on any atom is -0.353 e. The van der Waals surface area contributed by atoms with Gasteiger partial charge in [-0.05, 0) is 19.8 Å². The molecule has 1 fully saturated rings. The van der Waals surface area contributed by atoms with Gasteiger partial charge in [-0.1, -0.05) is 11.8 Å². The fraction of sp³-hybridized carbons (Fsp3) is 0.467. The number of carbonyl (C=O) groups excluding carboxylic acids is 1. The summed E-state index contributed by atoms with van der Waals surface area (Å²) in [6.07, 6.45) is 7.18. The molecule has 0 aliphatic carbocycles. The van der Waals surface area contributed by atoms with Crippen LogP contribution in [-0.4, -0.2) is 45.7 Å². The van der Waals surface area contributed by atoms with E-state index < -0.39 is 0 Å². The van der Waals surface area contributed by atoms with E-state index in [0.29, 0.717) is 5.75 Å². The zero-order chi connectivity index (χ0) is 16.1. The number of aryl methyl sites for hydroxylation is 1. The number of nitrogens with one attached hydrogen (secondary N) is 1. The molecule has 1 saturated heterocycles. The molecule has 1 aliphatic heterocycles. The van der Waals surface area contributed by atoms with E-state index >= 15 is 0 Å². The van der Waals surface area contributed by atoms with Crippen LogP contribution in [-0.2, 0) is 4.79 Å². The van der Waals surface area contributed by atoms with E-state index in [0.717, 1.165) is 41.8 Å². The number of nitrogens with zero attached hydrogens (tertiary/aromatic N) is 4. The van der Waals surface area contributed by atoms with Gasteiger partial charge in [-0.3, -0.25) is 9.78 Å². The molecular weight excluding hydrogens is 330 g/mol. The van der Waals surface area contributed by atoms with Crippen LogP contribution in [0.5, 0.6) is 0 Å². The number of hydrogen-bond donors (Lipinski definition) is 1. The minimum absolute atomic E-state index is 0.0637. The normalized spacial score (nSPS) is 18.0. The Morgan fingerprint density at radius 2 is 2.43 bits per heavy atom. The van der Waals surface area contributed by atoms with E-state index in [2.05, 4.69) is 25.2 Å². The van der Waals surface area contributed by atoms with Crippen molar-refractivity contribution in [2.45, 2.75) is 30.1 Å². The molecule has 8 heteroatoms. The Kier molecular flexibility index (Phi) is 5.45. The molecule has 1 atom stereocenters.